The lowest BCUT2D eigenvalue weighted by molar-refractivity contribution is -0.149. The molecule has 1 rings (SSSR count). The van der Waals surface area contributed by atoms with E-state index in [4.69, 9.17) is 9.16 Å². The summed E-state index contributed by atoms with van der Waals surface area (Å²) in [6.07, 6.45) is 6.30. The Labute approximate surface area is 178 Å². The van der Waals surface area contributed by atoms with Crippen molar-refractivity contribution < 1.29 is 14.0 Å². The Balaban J connectivity index is 2.74. The minimum absolute atomic E-state index is 0.162. The number of aryl methyl sites for hydroxylation is 1. The maximum atomic E-state index is 12.6. The number of benzene rings is 1. The van der Waals surface area contributed by atoms with Crippen molar-refractivity contribution >= 4 is 14.3 Å². The minimum Gasteiger partial charge on any atom is -0.465 e. The molecule has 0 aliphatic rings. The average molecular weight is 416 g/mol. The van der Waals surface area contributed by atoms with Crippen LogP contribution in [-0.2, 0) is 20.4 Å². The Hall–Kier alpha value is -1.90. The Kier molecular flexibility index (Phi) is 9.82. The van der Waals surface area contributed by atoms with E-state index in [9.17, 15) is 10.1 Å². The molecule has 0 radical (unpaired) electrons. The van der Waals surface area contributed by atoms with Crippen molar-refractivity contribution in [1.29, 1.82) is 5.26 Å². The van der Waals surface area contributed by atoms with Crippen LogP contribution in [0.5, 0.6) is 0 Å². The van der Waals surface area contributed by atoms with E-state index < -0.39 is 19.7 Å². The monoisotopic (exact) mass is 415 g/mol. The van der Waals surface area contributed by atoms with Crippen LogP contribution < -0.4 is 0 Å². The van der Waals surface area contributed by atoms with Gasteiger partial charge >= 0.3 is 5.97 Å². The predicted octanol–water partition coefficient (Wildman–Crippen LogP) is 6.05. The largest absolute Gasteiger partial charge is 0.465 e. The second kappa shape index (κ2) is 11.3. The van der Waals surface area contributed by atoms with Crippen LogP contribution in [-0.4, -0.2) is 27.5 Å². The van der Waals surface area contributed by atoms with Gasteiger partial charge in [-0.25, -0.2) is 4.79 Å². The van der Waals surface area contributed by atoms with Gasteiger partial charge in [-0.05, 0) is 56.3 Å². The van der Waals surface area contributed by atoms with E-state index in [1.54, 1.807) is 13.0 Å². The maximum Gasteiger partial charge on any atom is 0.330 e. The molecule has 5 heteroatoms. The van der Waals surface area contributed by atoms with Crippen LogP contribution in [0, 0.1) is 16.7 Å². The fourth-order valence-corrected chi connectivity index (χ4v) is 3.81. The summed E-state index contributed by atoms with van der Waals surface area (Å²) < 4.78 is 11.4. The highest BCUT2D eigenvalue weighted by Crippen LogP contribution is 2.36. The molecule has 1 atom stereocenters. The summed E-state index contributed by atoms with van der Waals surface area (Å²) in [6.45, 7) is 13.7. The summed E-state index contributed by atoms with van der Waals surface area (Å²) in [5, 5.41) is 10.00. The molecule has 0 fully saturated rings. The van der Waals surface area contributed by atoms with E-state index in [2.05, 4.69) is 52.1 Å². The van der Waals surface area contributed by atoms with E-state index in [1.165, 1.54) is 5.56 Å². The lowest BCUT2D eigenvalue weighted by Gasteiger charge is -2.36. The predicted molar refractivity (Wildman–Crippen MR) is 121 cm³/mol. The summed E-state index contributed by atoms with van der Waals surface area (Å²) >= 11 is 0. The van der Waals surface area contributed by atoms with E-state index in [-0.39, 0.29) is 11.6 Å². The third-order valence-electron chi connectivity index (χ3n) is 5.67. The van der Waals surface area contributed by atoms with Gasteiger partial charge < -0.3 is 9.16 Å². The highest BCUT2D eigenvalue weighted by molar-refractivity contribution is 6.74. The molecule has 0 heterocycles. The van der Waals surface area contributed by atoms with Gasteiger partial charge in [0.05, 0.1) is 12.7 Å². The number of hydrogen-bond donors (Lipinski definition) is 0. The Morgan fingerprint density at radius 2 is 1.86 bits per heavy atom. The zero-order valence-corrected chi connectivity index (χ0v) is 20.0. The van der Waals surface area contributed by atoms with Gasteiger partial charge in [-0.2, -0.15) is 5.26 Å². The number of rotatable bonds is 11. The number of nitrogens with zero attached hydrogens (tertiary/aromatic N) is 1. The highest BCUT2D eigenvalue weighted by atomic mass is 28.4. The molecule has 1 aromatic rings. The molecule has 0 amide bonds. The third-order valence-corrected chi connectivity index (χ3v) is 10.2. The molecule has 0 saturated carbocycles. The average Bonchev–Trinajstić information content (AvgIpc) is 2.66. The van der Waals surface area contributed by atoms with Gasteiger partial charge in [0.15, 0.2) is 13.7 Å². The Morgan fingerprint density at radius 3 is 2.41 bits per heavy atom. The zero-order chi connectivity index (χ0) is 22.0. The number of carbonyl (C=O) groups excluding carboxylic acids is 1. The van der Waals surface area contributed by atoms with Crippen molar-refractivity contribution in [2.75, 3.05) is 13.2 Å². The zero-order valence-electron chi connectivity index (χ0n) is 19.0. The van der Waals surface area contributed by atoms with Gasteiger partial charge in [-0.3, -0.25) is 0 Å². The van der Waals surface area contributed by atoms with Crippen molar-refractivity contribution in [2.45, 2.75) is 71.5 Å². The summed E-state index contributed by atoms with van der Waals surface area (Å²) in [4.78, 5) is 12.6. The first-order valence-electron chi connectivity index (χ1n) is 10.5. The van der Waals surface area contributed by atoms with Crippen LogP contribution in [0.15, 0.2) is 42.5 Å². The number of esters is 1. The van der Waals surface area contributed by atoms with Gasteiger partial charge in [0.1, 0.15) is 0 Å². The lowest BCUT2D eigenvalue weighted by Crippen LogP contribution is -2.40. The summed E-state index contributed by atoms with van der Waals surface area (Å²) in [7, 11) is -1.79. The van der Waals surface area contributed by atoms with Crippen LogP contribution in [0.3, 0.4) is 0 Å². The normalized spacial score (nSPS) is 14.4. The smallest absolute Gasteiger partial charge is 0.330 e. The molecule has 0 N–H and O–H groups in total. The minimum atomic E-state index is -1.79. The van der Waals surface area contributed by atoms with Crippen molar-refractivity contribution in [3.05, 3.63) is 48.0 Å². The molecule has 29 heavy (non-hydrogen) atoms. The molecule has 4 nitrogen and oxygen atoms in total. The van der Waals surface area contributed by atoms with Gasteiger partial charge in [0.25, 0.3) is 0 Å². The molecule has 0 saturated heterocycles. The van der Waals surface area contributed by atoms with E-state index in [0.29, 0.717) is 19.4 Å². The van der Waals surface area contributed by atoms with Gasteiger partial charge in [-0.15, -0.1) is 0 Å². The fourth-order valence-electron chi connectivity index (χ4n) is 2.75. The van der Waals surface area contributed by atoms with E-state index in [1.807, 2.05) is 24.3 Å². The molecule has 0 spiro atoms. The van der Waals surface area contributed by atoms with Gasteiger partial charge in [0.2, 0.25) is 0 Å². The number of nitriles is 1. The third kappa shape index (κ3) is 7.79. The van der Waals surface area contributed by atoms with Crippen LogP contribution in [0.25, 0.3) is 0 Å². The first-order chi connectivity index (χ1) is 13.6. The highest BCUT2D eigenvalue weighted by Gasteiger charge is 2.38. The molecular formula is C24H37NO3Si. The molecule has 160 valence electrons. The fraction of sp³-hybridized carbons (Fsp3) is 0.583. The molecule has 0 bridgehead atoms. The molecule has 0 unspecified atom stereocenters. The Bertz CT molecular complexity index is 701. The van der Waals surface area contributed by atoms with Crippen molar-refractivity contribution in [2.24, 2.45) is 5.41 Å². The molecule has 0 aliphatic carbocycles. The van der Waals surface area contributed by atoms with Crippen LogP contribution in [0.1, 0.15) is 52.5 Å². The molecule has 0 aliphatic heterocycles. The first kappa shape index (κ1) is 25.1. The molecule has 0 aromatic heterocycles. The Morgan fingerprint density at radius 1 is 1.21 bits per heavy atom. The SMILES string of the molecule is CCOC(=O)[C@](C#N)(/C=C/CCO[Si](C)(C)C(C)(C)C)CCCc1ccccc1. The van der Waals surface area contributed by atoms with Crippen molar-refractivity contribution in [3.63, 3.8) is 0 Å². The topological polar surface area (TPSA) is 59.3 Å². The summed E-state index contributed by atoms with van der Waals surface area (Å²) in [5.41, 5.74) is -0.0307. The van der Waals surface area contributed by atoms with Crippen LogP contribution in [0.2, 0.25) is 18.1 Å². The quantitative estimate of drug-likeness (QED) is 0.191. The van der Waals surface area contributed by atoms with Crippen LogP contribution >= 0.6 is 0 Å². The van der Waals surface area contributed by atoms with Gasteiger partial charge in [0, 0.05) is 6.61 Å². The number of ether oxygens (including phenoxy) is 1. The standard InChI is InChI=1S/C24H37NO3Si/c1-7-27-22(26)24(20-25,18-13-16-21-14-9-8-10-15-21)17-11-12-19-28-29(5,6)23(2,3)4/h8-11,14-15,17H,7,12-13,16,18-19H2,1-6H3/b17-11+/t24-/m1/s1. The molecular weight excluding hydrogens is 378 g/mol. The van der Waals surface area contributed by atoms with Gasteiger partial charge in [-0.1, -0.05) is 63.3 Å². The molecule has 1 aromatic carbocycles. The van der Waals surface area contributed by atoms with Crippen LogP contribution in [0.4, 0.5) is 0 Å². The lowest BCUT2D eigenvalue weighted by atomic mass is 9.83. The second-order valence-corrected chi connectivity index (χ2v) is 13.8. The maximum absolute atomic E-state index is 12.6. The van der Waals surface area contributed by atoms with E-state index >= 15 is 0 Å². The second-order valence-electron chi connectivity index (χ2n) is 8.94. The number of carbonyl (C=O) groups is 1. The number of hydrogen-bond acceptors (Lipinski definition) is 4. The van der Waals surface area contributed by atoms with Crippen molar-refractivity contribution in [1.82, 2.24) is 0 Å². The summed E-state index contributed by atoms with van der Waals surface area (Å²) in [5.74, 6) is -0.461. The first-order valence-corrected chi connectivity index (χ1v) is 13.4. The van der Waals surface area contributed by atoms with E-state index in [0.717, 1.165) is 12.8 Å². The summed E-state index contributed by atoms with van der Waals surface area (Å²) in [6, 6.07) is 12.3. The van der Waals surface area contributed by atoms with Crippen molar-refractivity contribution in [3.8, 4) is 6.07 Å².